The van der Waals surface area contributed by atoms with Gasteiger partial charge < -0.3 is 9.64 Å². The third-order valence-corrected chi connectivity index (χ3v) is 5.46. The predicted octanol–water partition coefficient (Wildman–Crippen LogP) is 3.29. The van der Waals surface area contributed by atoms with Gasteiger partial charge >= 0.3 is 5.97 Å². The number of rotatable bonds is 3. The van der Waals surface area contributed by atoms with Crippen molar-refractivity contribution in [3.05, 3.63) is 65.0 Å². The average molecular weight is 372 g/mol. The first-order chi connectivity index (χ1) is 12.4. The van der Waals surface area contributed by atoms with Crippen molar-refractivity contribution in [3.8, 4) is 6.07 Å². The fraction of sp³-hybridized carbons (Fsp3) is 0.111. The van der Waals surface area contributed by atoms with Gasteiger partial charge in [-0.2, -0.15) is 5.26 Å². The van der Waals surface area contributed by atoms with E-state index in [1.165, 1.54) is 29.3 Å². The van der Waals surface area contributed by atoms with Crippen LogP contribution in [0.1, 0.15) is 17.3 Å². The summed E-state index contributed by atoms with van der Waals surface area (Å²) in [4.78, 5) is 12.4. The maximum absolute atomic E-state index is 13.6. The van der Waals surface area contributed by atoms with E-state index >= 15 is 0 Å². The zero-order valence-corrected chi connectivity index (χ0v) is 14.5. The molecule has 6 nitrogen and oxygen atoms in total. The molecule has 0 aromatic heterocycles. The number of anilines is 2. The topological polar surface area (TPSA) is 87.5 Å². The van der Waals surface area contributed by atoms with Crippen molar-refractivity contribution in [1.29, 1.82) is 5.26 Å². The first-order valence-corrected chi connectivity index (χ1v) is 9.09. The summed E-state index contributed by atoms with van der Waals surface area (Å²) in [5.74, 6) is -1.19. The number of fused-ring (bicyclic) bond motifs is 1. The Kier molecular flexibility index (Phi) is 4.49. The molecule has 0 fully saturated rings. The van der Waals surface area contributed by atoms with Crippen molar-refractivity contribution in [2.75, 3.05) is 11.5 Å². The van der Waals surface area contributed by atoms with Gasteiger partial charge in [-0.3, -0.25) is 0 Å². The fourth-order valence-electron chi connectivity index (χ4n) is 2.55. The number of benzene rings is 2. The summed E-state index contributed by atoms with van der Waals surface area (Å²) in [6.07, 6.45) is 1.18. The second kappa shape index (κ2) is 6.61. The van der Waals surface area contributed by atoms with Gasteiger partial charge in [0, 0.05) is 11.9 Å². The number of allylic oxidation sites excluding steroid dienone is 1. The average Bonchev–Trinajstić information content (AvgIpc) is 2.63. The lowest BCUT2D eigenvalue weighted by Crippen LogP contribution is -2.21. The number of ether oxygens (including phenoxy) is 1. The molecule has 8 heteroatoms. The van der Waals surface area contributed by atoms with Crippen LogP contribution in [0.25, 0.3) is 0 Å². The minimum Gasteiger partial charge on any atom is -0.462 e. The molecular weight excluding hydrogens is 359 g/mol. The largest absolute Gasteiger partial charge is 0.462 e. The Morgan fingerprint density at radius 2 is 1.92 bits per heavy atom. The Labute approximate surface area is 149 Å². The Hall–Kier alpha value is -3.18. The molecule has 132 valence electrons. The van der Waals surface area contributed by atoms with E-state index in [4.69, 9.17) is 4.74 Å². The third kappa shape index (κ3) is 2.93. The molecule has 2 aromatic carbocycles. The molecule has 0 amide bonds. The molecule has 1 aliphatic heterocycles. The molecule has 0 N–H and O–H groups in total. The second-order valence-corrected chi connectivity index (χ2v) is 7.24. The summed E-state index contributed by atoms with van der Waals surface area (Å²) < 4.78 is 43.4. The number of sulfone groups is 1. The maximum atomic E-state index is 13.6. The van der Waals surface area contributed by atoms with E-state index in [-0.39, 0.29) is 17.2 Å². The van der Waals surface area contributed by atoms with Gasteiger partial charge in [0.1, 0.15) is 11.9 Å². The number of halogens is 1. The van der Waals surface area contributed by atoms with E-state index in [0.29, 0.717) is 11.3 Å². The highest BCUT2D eigenvalue weighted by atomic mass is 32.2. The monoisotopic (exact) mass is 372 g/mol. The highest BCUT2D eigenvalue weighted by Crippen LogP contribution is 2.39. The molecule has 0 spiro atoms. The highest BCUT2D eigenvalue weighted by Gasteiger charge is 2.32. The summed E-state index contributed by atoms with van der Waals surface area (Å²) in [5, 5.41) is 9.18. The van der Waals surface area contributed by atoms with Crippen LogP contribution in [0.5, 0.6) is 0 Å². The Bertz CT molecular complexity index is 1050. The molecule has 3 rings (SSSR count). The summed E-state index contributed by atoms with van der Waals surface area (Å²) >= 11 is 0. The van der Waals surface area contributed by atoms with Crippen LogP contribution in [-0.2, 0) is 14.6 Å². The van der Waals surface area contributed by atoms with Crippen molar-refractivity contribution in [2.24, 2.45) is 0 Å². The molecule has 26 heavy (non-hydrogen) atoms. The van der Waals surface area contributed by atoms with Gasteiger partial charge in [-0.05, 0) is 49.4 Å². The number of carbonyl (C=O) groups is 1. The van der Waals surface area contributed by atoms with Gasteiger partial charge in [-0.1, -0.05) is 0 Å². The summed E-state index contributed by atoms with van der Waals surface area (Å²) in [7, 11) is -4.08. The molecule has 0 saturated carbocycles. The lowest BCUT2D eigenvalue weighted by molar-refractivity contribution is 0.0526. The van der Waals surface area contributed by atoms with Crippen LogP contribution in [0, 0.1) is 17.1 Å². The SMILES string of the molecule is CCOC(=O)c1ccc(N2C=C(C#N)S(=O)(=O)c3cc(F)ccc32)cc1. The Balaban J connectivity index is 2.11. The first kappa shape index (κ1) is 17.6. The van der Waals surface area contributed by atoms with E-state index in [1.54, 1.807) is 25.1 Å². The normalized spacial score (nSPS) is 14.8. The van der Waals surface area contributed by atoms with Crippen LogP contribution in [-0.4, -0.2) is 21.0 Å². The van der Waals surface area contributed by atoms with Gasteiger partial charge in [0.2, 0.25) is 9.84 Å². The van der Waals surface area contributed by atoms with E-state index < -0.39 is 26.5 Å². The van der Waals surface area contributed by atoms with Crippen molar-refractivity contribution in [3.63, 3.8) is 0 Å². The zero-order valence-electron chi connectivity index (χ0n) is 13.6. The summed E-state index contributed by atoms with van der Waals surface area (Å²) in [6, 6.07) is 11.2. The maximum Gasteiger partial charge on any atom is 0.338 e. The van der Waals surface area contributed by atoms with Crippen LogP contribution in [0.2, 0.25) is 0 Å². The number of nitrogens with zero attached hydrogens (tertiary/aromatic N) is 2. The van der Waals surface area contributed by atoms with Crippen LogP contribution in [0.4, 0.5) is 15.8 Å². The van der Waals surface area contributed by atoms with Gasteiger partial charge in [0.05, 0.1) is 22.8 Å². The number of carbonyl (C=O) groups excluding carboxylic acids is 1. The number of nitriles is 1. The lowest BCUT2D eigenvalue weighted by atomic mass is 10.1. The highest BCUT2D eigenvalue weighted by molar-refractivity contribution is 7.95. The Morgan fingerprint density at radius 3 is 2.54 bits per heavy atom. The van der Waals surface area contributed by atoms with E-state index in [2.05, 4.69) is 0 Å². The quantitative estimate of drug-likeness (QED) is 0.769. The number of hydrogen-bond acceptors (Lipinski definition) is 6. The molecule has 0 bridgehead atoms. The standard InChI is InChI=1S/C18H13FN2O4S/c1-2-25-18(22)12-3-6-14(7-4-12)21-11-15(10-20)26(23,24)17-9-13(19)5-8-16(17)21/h3-9,11H,2H2,1H3. The third-order valence-electron chi connectivity index (χ3n) is 3.77. The number of hydrogen-bond donors (Lipinski definition) is 0. The molecule has 0 unspecified atom stereocenters. The molecule has 0 radical (unpaired) electrons. The van der Waals surface area contributed by atoms with Crippen LogP contribution in [0.15, 0.2) is 58.5 Å². The van der Waals surface area contributed by atoms with Crippen molar-refractivity contribution < 1.29 is 22.3 Å². The minimum absolute atomic E-state index is 0.217. The van der Waals surface area contributed by atoms with Crippen molar-refractivity contribution in [1.82, 2.24) is 0 Å². The van der Waals surface area contributed by atoms with Crippen molar-refractivity contribution in [2.45, 2.75) is 11.8 Å². The zero-order chi connectivity index (χ0) is 18.9. The molecule has 2 aromatic rings. The van der Waals surface area contributed by atoms with Crippen LogP contribution >= 0.6 is 0 Å². The Morgan fingerprint density at radius 1 is 1.23 bits per heavy atom. The van der Waals surface area contributed by atoms with E-state index in [9.17, 15) is 22.9 Å². The van der Waals surface area contributed by atoms with Gasteiger partial charge in [0.25, 0.3) is 0 Å². The molecule has 0 saturated heterocycles. The van der Waals surface area contributed by atoms with Gasteiger partial charge in [-0.15, -0.1) is 0 Å². The first-order valence-electron chi connectivity index (χ1n) is 7.61. The predicted molar refractivity (Wildman–Crippen MR) is 91.8 cm³/mol. The van der Waals surface area contributed by atoms with E-state index in [1.807, 2.05) is 0 Å². The summed E-state index contributed by atoms with van der Waals surface area (Å²) in [6.45, 7) is 1.95. The van der Waals surface area contributed by atoms with Gasteiger partial charge in [0.15, 0.2) is 4.91 Å². The smallest absolute Gasteiger partial charge is 0.338 e. The molecule has 1 aliphatic rings. The molecular formula is C18H13FN2O4S. The minimum atomic E-state index is -4.08. The van der Waals surface area contributed by atoms with E-state index in [0.717, 1.165) is 12.1 Å². The molecule has 1 heterocycles. The number of esters is 1. The molecule has 0 aliphatic carbocycles. The van der Waals surface area contributed by atoms with Crippen molar-refractivity contribution >= 4 is 27.2 Å². The van der Waals surface area contributed by atoms with Crippen LogP contribution in [0.3, 0.4) is 0 Å². The van der Waals surface area contributed by atoms with Gasteiger partial charge in [-0.25, -0.2) is 17.6 Å². The summed E-state index contributed by atoms with van der Waals surface area (Å²) in [5.41, 5.74) is 1.06. The van der Waals surface area contributed by atoms with Crippen LogP contribution < -0.4 is 4.90 Å². The molecule has 0 atom stereocenters. The fourth-order valence-corrected chi connectivity index (χ4v) is 3.86. The lowest BCUT2D eigenvalue weighted by Gasteiger charge is -2.27. The second-order valence-electron chi connectivity index (χ2n) is 5.36.